The summed E-state index contributed by atoms with van der Waals surface area (Å²) in [4.78, 5) is 18.5. The molecule has 0 unspecified atom stereocenters. The molecule has 0 aliphatic carbocycles. The highest BCUT2D eigenvalue weighted by atomic mass is 35.5. The summed E-state index contributed by atoms with van der Waals surface area (Å²) in [7, 11) is 3.93. The van der Waals surface area contributed by atoms with Gasteiger partial charge in [-0.2, -0.15) is 5.10 Å². The van der Waals surface area contributed by atoms with Crippen LogP contribution in [0.25, 0.3) is 0 Å². The Balaban J connectivity index is 1.51. The van der Waals surface area contributed by atoms with E-state index in [9.17, 15) is 9.18 Å². The quantitative estimate of drug-likeness (QED) is 0.784. The average Bonchev–Trinajstić information content (AvgIpc) is 2.69. The van der Waals surface area contributed by atoms with Crippen LogP contribution in [0.5, 0.6) is 0 Å². The second kappa shape index (κ2) is 8.52. The number of rotatable bonds is 5. The van der Waals surface area contributed by atoms with Crippen LogP contribution in [-0.4, -0.2) is 61.3 Å². The Morgan fingerprint density at radius 1 is 1.22 bits per heavy atom. The fourth-order valence-electron chi connectivity index (χ4n) is 3.03. The molecule has 0 radical (unpaired) electrons. The molecule has 1 aromatic heterocycles. The fraction of sp³-hybridized carbons (Fsp3) is 0.421. The molecule has 0 bridgehead atoms. The van der Waals surface area contributed by atoms with E-state index in [0.717, 1.165) is 30.2 Å². The van der Waals surface area contributed by atoms with E-state index in [4.69, 9.17) is 11.6 Å². The largest absolute Gasteiger partial charge is 0.376 e. The third-order valence-corrected chi connectivity index (χ3v) is 5.00. The summed E-state index contributed by atoms with van der Waals surface area (Å²) in [6, 6.07) is 6.59. The lowest BCUT2D eigenvalue weighted by Crippen LogP contribution is -2.49. The summed E-state index contributed by atoms with van der Waals surface area (Å²) < 4.78 is 13.2. The lowest BCUT2D eigenvalue weighted by Gasteiger charge is -2.35. The Kier molecular flexibility index (Phi) is 6.11. The van der Waals surface area contributed by atoms with Crippen molar-refractivity contribution in [1.82, 2.24) is 15.1 Å². The molecule has 1 fully saturated rings. The van der Waals surface area contributed by atoms with Crippen LogP contribution < -0.4 is 9.80 Å². The van der Waals surface area contributed by atoms with Gasteiger partial charge in [0.25, 0.3) is 0 Å². The van der Waals surface area contributed by atoms with Crippen LogP contribution in [0.3, 0.4) is 0 Å². The Morgan fingerprint density at radius 3 is 2.63 bits per heavy atom. The van der Waals surface area contributed by atoms with Gasteiger partial charge in [-0.05, 0) is 24.1 Å². The topological polar surface area (TPSA) is 52.6 Å². The van der Waals surface area contributed by atoms with Crippen molar-refractivity contribution in [2.24, 2.45) is 0 Å². The van der Waals surface area contributed by atoms with Gasteiger partial charge < -0.3 is 14.7 Å². The van der Waals surface area contributed by atoms with E-state index in [0.29, 0.717) is 25.9 Å². The third-order valence-electron chi connectivity index (χ3n) is 4.71. The average molecular weight is 392 g/mol. The van der Waals surface area contributed by atoms with Crippen molar-refractivity contribution < 1.29 is 9.18 Å². The molecule has 0 spiro atoms. The SMILES string of the molecule is CN(C)c1cnnc(N2CCN(C(=O)CCc3ccc(F)c(Cl)c3)CC2)c1. The first-order valence-electron chi connectivity index (χ1n) is 8.91. The van der Waals surface area contributed by atoms with Gasteiger partial charge >= 0.3 is 0 Å². The van der Waals surface area contributed by atoms with E-state index in [1.54, 1.807) is 18.3 Å². The number of anilines is 2. The smallest absolute Gasteiger partial charge is 0.223 e. The van der Waals surface area contributed by atoms with E-state index in [-0.39, 0.29) is 10.9 Å². The molecule has 8 heteroatoms. The molecule has 144 valence electrons. The van der Waals surface area contributed by atoms with Gasteiger partial charge in [-0.15, -0.1) is 5.10 Å². The van der Waals surface area contributed by atoms with Crippen molar-refractivity contribution in [2.75, 3.05) is 50.1 Å². The van der Waals surface area contributed by atoms with Crippen molar-refractivity contribution in [1.29, 1.82) is 0 Å². The molecule has 1 aliphatic heterocycles. The van der Waals surface area contributed by atoms with Gasteiger partial charge in [-0.3, -0.25) is 4.79 Å². The molecule has 0 saturated carbocycles. The van der Waals surface area contributed by atoms with Crippen LogP contribution in [0.4, 0.5) is 15.9 Å². The Labute approximate surface area is 163 Å². The predicted molar refractivity (Wildman–Crippen MR) is 105 cm³/mol. The number of hydrogen-bond acceptors (Lipinski definition) is 5. The maximum absolute atomic E-state index is 13.2. The number of nitrogens with zero attached hydrogens (tertiary/aromatic N) is 5. The number of aryl methyl sites for hydroxylation is 1. The second-order valence-electron chi connectivity index (χ2n) is 6.78. The highest BCUT2D eigenvalue weighted by Crippen LogP contribution is 2.20. The van der Waals surface area contributed by atoms with Gasteiger partial charge in [0.05, 0.1) is 16.9 Å². The van der Waals surface area contributed by atoms with Crippen LogP contribution in [0.1, 0.15) is 12.0 Å². The van der Waals surface area contributed by atoms with Gasteiger partial charge in [0.2, 0.25) is 5.91 Å². The number of hydrogen-bond donors (Lipinski definition) is 0. The van der Waals surface area contributed by atoms with Crippen LogP contribution in [0.15, 0.2) is 30.5 Å². The normalized spacial score (nSPS) is 14.4. The number of benzene rings is 1. The summed E-state index contributed by atoms with van der Waals surface area (Å²) in [6.07, 6.45) is 2.66. The lowest BCUT2D eigenvalue weighted by molar-refractivity contribution is -0.131. The van der Waals surface area contributed by atoms with Gasteiger partial charge in [0.1, 0.15) is 5.82 Å². The molecule has 2 aromatic rings. The maximum atomic E-state index is 13.2. The zero-order chi connectivity index (χ0) is 19.4. The fourth-order valence-corrected chi connectivity index (χ4v) is 3.24. The zero-order valence-corrected chi connectivity index (χ0v) is 16.3. The van der Waals surface area contributed by atoms with E-state index in [1.807, 2.05) is 30.0 Å². The molecule has 27 heavy (non-hydrogen) atoms. The summed E-state index contributed by atoms with van der Waals surface area (Å²) >= 11 is 5.79. The number of piperazine rings is 1. The predicted octanol–water partition coefficient (Wildman–Crippen LogP) is 2.62. The molecule has 0 N–H and O–H groups in total. The third kappa shape index (κ3) is 4.86. The van der Waals surface area contributed by atoms with Crippen LogP contribution in [-0.2, 0) is 11.2 Å². The number of carbonyl (C=O) groups excluding carboxylic acids is 1. The number of carbonyl (C=O) groups is 1. The van der Waals surface area contributed by atoms with Crippen LogP contribution in [0.2, 0.25) is 5.02 Å². The minimum atomic E-state index is -0.440. The molecule has 6 nitrogen and oxygen atoms in total. The summed E-state index contributed by atoms with van der Waals surface area (Å²) in [6.45, 7) is 2.74. The number of aromatic nitrogens is 2. The van der Waals surface area contributed by atoms with Crippen molar-refractivity contribution in [3.8, 4) is 0 Å². The minimum absolute atomic E-state index is 0.0922. The standard InChI is InChI=1S/C19H23ClFN5O/c1-24(2)15-12-18(23-22-13-15)25-7-9-26(10-8-25)19(27)6-4-14-3-5-17(21)16(20)11-14/h3,5,11-13H,4,6-10H2,1-2H3. The van der Waals surface area contributed by atoms with Crippen molar-refractivity contribution in [3.05, 3.63) is 46.9 Å². The number of halogens is 2. The van der Waals surface area contributed by atoms with Crippen molar-refractivity contribution >= 4 is 29.0 Å². The highest BCUT2D eigenvalue weighted by molar-refractivity contribution is 6.30. The first kappa shape index (κ1) is 19.4. The summed E-state index contributed by atoms with van der Waals surface area (Å²) in [5.74, 6) is 0.488. The highest BCUT2D eigenvalue weighted by Gasteiger charge is 2.22. The number of amides is 1. The molecule has 2 heterocycles. The molecule has 1 saturated heterocycles. The zero-order valence-electron chi connectivity index (χ0n) is 15.5. The Hall–Kier alpha value is -2.41. The summed E-state index contributed by atoms with van der Waals surface area (Å²) in [5, 5.41) is 8.36. The second-order valence-corrected chi connectivity index (χ2v) is 7.19. The monoisotopic (exact) mass is 391 g/mol. The van der Waals surface area contributed by atoms with E-state index >= 15 is 0 Å². The Bertz CT molecular complexity index is 808. The first-order chi connectivity index (χ1) is 12.9. The van der Waals surface area contributed by atoms with Gasteiger partial charge in [-0.25, -0.2) is 4.39 Å². The first-order valence-corrected chi connectivity index (χ1v) is 9.28. The van der Waals surface area contributed by atoms with Crippen LogP contribution in [0, 0.1) is 5.82 Å². The van der Waals surface area contributed by atoms with E-state index < -0.39 is 5.82 Å². The Morgan fingerprint density at radius 2 is 1.96 bits per heavy atom. The van der Waals surface area contributed by atoms with E-state index in [1.165, 1.54) is 6.07 Å². The van der Waals surface area contributed by atoms with Gasteiger partial charge in [0.15, 0.2) is 5.82 Å². The maximum Gasteiger partial charge on any atom is 0.223 e. The molecule has 0 atom stereocenters. The molecule has 1 aromatic carbocycles. The molecule has 3 rings (SSSR count). The molecule has 1 aliphatic rings. The molecular formula is C19H23ClFN5O. The van der Waals surface area contributed by atoms with Crippen molar-refractivity contribution in [3.63, 3.8) is 0 Å². The van der Waals surface area contributed by atoms with Gasteiger partial charge in [-0.1, -0.05) is 17.7 Å². The van der Waals surface area contributed by atoms with Crippen LogP contribution >= 0.6 is 11.6 Å². The van der Waals surface area contributed by atoms with Crippen molar-refractivity contribution in [2.45, 2.75) is 12.8 Å². The summed E-state index contributed by atoms with van der Waals surface area (Å²) in [5.41, 5.74) is 1.86. The minimum Gasteiger partial charge on any atom is -0.376 e. The molecular weight excluding hydrogens is 369 g/mol. The molecule has 1 amide bonds. The van der Waals surface area contributed by atoms with Gasteiger partial charge in [0, 0.05) is 52.8 Å². The lowest BCUT2D eigenvalue weighted by atomic mass is 10.1. The van der Waals surface area contributed by atoms with E-state index in [2.05, 4.69) is 15.1 Å².